The van der Waals surface area contributed by atoms with Crippen LogP contribution < -0.4 is 10.2 Å². The summed E-state index contributed by atoms with van der Waals surface area (Å²) in [5, 5.41) is 6.57. The van der Waals surface area contributed by atoms with Gasteiger partial charge in [-0.25, -0.2) is 5.43 Å². The van der Waals surface area contributed by atoms with Crippen molar-refractivity contribution < 1.29 is 9.53 Å². The van der Waals surface area contributed by atoms with Crippen molar-refractivity contribution in [1.82, 2.24) is 5.43 Å². The lowest BCUT2D eigenvalue weighted by Crippen LogP contribution is -2.33. The van der Waals surface area contributed by atoms with Gasteiger partial charge in [-0.3, -0.25) is 4.79 Å². The normalized spacial score (nSPS) is 12.4. The SMILES string of the molecule is Cc1cc(OC(C)C(=O)N/N=C/c2cccs2)cc(C)c1Cl. The van der Waals surface area contributed by atoms with Crippen LogP contribution in [-0.2, 0) is 4.79 Å². The fourth-order valence-corrected chi connectivity index (χ4v) is 2.54. The molecule has 0 aliphatic carbocycles. The third-order valence-corrected chi connectivity index (χ3v) is 4.40. The molecule has 0 fully saturated rings. The number of rotatable bonds is 5. The minimum absolute atomic E-state index is 0.307. The molecule has 0 bridgehead atoms. The number of nitrogens with one attached hydrogen (secondary N) is 1. The van der Waals surface area contributed by atoms with Gasteiger partial charge in [-0.05, 0) is 55.5 Å². The van der Waals surface area contributed by atoms with Crippen molar-refractivity contribution in [3.05, 3.63) is 50.7 Å². The zero-order valence-corrected chi connectivity index (χ0v) is 14.2. The second kappa shape index (κ2) is 7.42. The smallest absolute Gasteiger partial charge is 0.280 e. The second-order valence-corrected chi connectivity index (χ2v) is 6.24. The monoisotopic (exact) mass is 336 g/mol. The molecule has 1 atom stereocenters. The Hall–Kier alpha value is -1.85. The molecule has 0 aliphatic rings. The molecule has 1 amide bonds. The van der Waals surface area contributed by atoms with E-state index in [-0.39, 0.29) is 5.91 Å². The van der Waals surface area contributed by atoms with Gasteiger partial charge in [0.15, 0.2) is 6.10 Å². The molecule has 0 saturated carbocycles. The number of carbonyl (C=O) groups excluding carboxylic acids is 1. The molecule has 1 unspecified atom stereocenters. The third-order valence-electron chi connectivity index (χ3n) is 3.00. The van der Waals surface area contributed by atoms with Gasteiger partial charge < -0.3 is 4.74 Å². The average Bonchev–Trinajstić information content (AvgIpc) is 2.97. The molecule has 4 nitrogen and oxygen atoms in total. The number of ether oxygens (including phenoxy) is 1. The summed E-state index contributed by atoms with van der Waals surface area (Å²) in [6.07, 6.45) is 0.951. The summed E-state index contributed by atoms with van der Waals surface area (Å²) in [6.45, 7) is 5.48. The van der Waals surface area contributed by atoms with Gasteiger partial charge in [0.1, 0.15) is 5.75 Å². The van der Waals surface area contributed by atoms with E-state index in [4.69, 9.17) is 16.3 Å². The van der Waals surface area contributed by atoms with Gasteiger partial charge in [0.2, 0.25) is 0 Å². The van der Waals surface area contributed by atoms with Crippen LogP contribution in [0.5, 0.6) is 5.75 Å². The van der Waals surface area contributed by atoms with Crippen molar-refractivity contribution in [2.24, 2.45) is 5.10 Å². The summed E-state index contributed by atoms with van der Waals surface area (Å²) in [7, 11) is 0. The number of aryl methyl sites for hydroxylation is 2. The highest BCUT2D eigenvalue weighted by molar-refractivity contribution is 7.11. The van der Waals surface area contributed by atoms with Gasteiger partial charge in [0.25, 0.3) is 5.91 Å². The highest BCUT2D eigenvalue weighted by atomic mass is 35.5. The highest BCUT2D eigenvalue weighted by Gasteiger charge is 2.15. The zero-order chi connectivity index (χ0) is 16.1. The minimum Gasteiger partial charge on any atom is -0.481 e. The molecular formula is C16H17ClN2O2S. The van der Waals surface area contributed by atoms with E-state index in [9.17, 15) is 4.79 Å². The first kappa shape index (κ1) is 16.5. The van der Waals surface area contributed by atoms with E-state index in [1.165, 1.54) is 0 Å². The van der Waals surface area contributed by atoms with Crippen molar-refractivity contribution in [1.29, 1.82) is 0 Å². The first-order valence-electron chi connectivity index (χ1n) is 6.77. The van der Waals surface area contributed by atoms with Crippen LogP contribution in [0.1, 0.15) is 22.9 Å². The molecule has 22 heavy (non-hydrogen) atoms. The molecule has 1 heterocycles. The molecule has 1 aromatic heterocycles. The largest absolute Gasteiger partial charge is 0.481 e. The number of thiophene rings is 1. The van der Waals surface area contributed by atoms with Crippen LogP contribution in [0.4, 0.5) is 0 Å². The Morgan fingerprint density at radius 1 is 1.41 bits per heavy atom. The second-order valence-electron chi connectivity index (χ2n) is 4.88. The van der Waals surface area contributed by atoms with E-state index < -0.39 is 6.10 Å². The average molecular weight is 337 g/mol. The van der Waals surface area contributed by atoms with Crippen LogP contribution in [0, 0.1) is 13.8 Å². The molecule has 2 aromatic rings. The Morgan fingerprint density at radius 2 is 2.09 bits per heavy atom. The third kappa shape index (κ3) is 4.32. The van der Waals surface area contributed by atoms with Crippen molar-refractivity contribution in [2.45, 2.75) is 26.9 Å². The molecule has 1 aromatic carbocycles. The van der Waals surface area contributed by atoms with Crippen molar-refractivity contribution >= 4 is 35.1 Å². The first-order valence-corrected chi connectivity index (χ1v) is 8.03. The lowest BCUT2D eigenvalue weighted by Gasteiger charge is -2.14. The summed E-state index contributed by atoms with van der Waals surface area (Å²) < 4.78 is 5.64. The van der Waals surface area contributed by atoms with E-state index in [2.05, 4.69) is 10.5 Å². The first-order chi connectivity index (χ1) is 10.5. The van der Waals surface area contributed by atoms with Crippen molar-refractivity contribution in [3.8, 4) is 5.75 Å². The molecule has 0 radical (unpaired) electrons. The number of halogens is 1. The van der Waals surface area contributed by atoms with Crippen LogP contribution >= 0.6 is 22.9 Å². The van der Waals surface area contributed by atoms with Gasteiger partial charge >= 0.3 is 0 Å². The predicted octanol–water partition coefficient (Wildman–Crippen LogP) is 3.94. The summed E-state index contributed by atoms with van der Waals surface area (Å²) in [4.78, 5) is 12.9. The van der Waals surface area contributed by atoms with Crippen molar-refractivity contribution in [3.63, 3.8) is 0 Å². The number of amides is 1. The van der Waals surface area contributed by atoms with E-state index in [1.54, 1.807) is 24.5 Å². The maximum atomic E-state index is 11.9. The minimum atomic E-state index is -0.652. The fourth-order valence-electron chi connectivity index (χ4n) is 1.85. The van der Waals surface area contributed by atoms with Gasteiger partial charge in [-0.15, -0.1) is 11.3 Å². The Labute approximate surface area is 138 Å². The number of nitrogens with zero attached hydrogens (tertiary/aromatic N) is 1. The number of hydrogen-bond donors (Lipinski definition) is 1. The molecule has 0 aliphatic heterocycles. The molecule has 2 rings (SSSR count). The predicted molar refractivity (Wildman–Crippen MR) is 91.1 cm³/mol. The number of carbonyl (C=O) groups is 1. The van der Waals surface area contributed by atoms with Gasteiger partial charge in [0.05, 0.1) is 6.21 Å². The number of hydrogen-bond acceptors (Lipinski definition) is 4. The van der Waals surface area contributed by atoms with Crippen LogP contribution in [0.25, 0.3) is 0 Å². The fraction of sp³-hybridized carbons (Fsp3) is 0.250. The Kier molecular flexibility index (Phi) is 5.57. The van der Waals surface area contributed by atoms with Crippen LogP contribution in [0.2, 0.25) is 5.02 Å². The van der Waals surface area contributed by atoms with Crippen molar-refractivity contribution in [2.75, 3.05) is 0 Å². The standard InChI is InChI=1S/C16H17ClN2O2S/c1-10-7-13(8-11(2)15(10)17)21-12(3)16(20)19-18-9-14-5-4-6-22-14/h4-9,12H,1-3H3,(H,19,20)/b18-9+. The maximum Gasteiger partial charge on any atom is 0.280 e. The quantitative estimate of drug-likeness (QED) is 0.664. The van der Waals surface area contributed by atoms with Gasteiger partial charge in [0, 0.05) is 9.90 Å². The molecule has 116 valence electrons. The zero-order valence-electron chi connectivity index (χ0n) is 12.6. The van der Waals surface area contributed by atoms with Gasteiger partial charge in [-0.1, -0.05) is 17.7 Å². The maximum absolute atomic E-state index is 11.9. The molecule has 1 N–H and O–H groups in total. The Bertz CT molecular complexity index is 660. The summed E-state index contributed by atoms with van der Waals surface area (Å²) in [5.74, 6) is 0.308. The lowest BCUT2D eigenvalue weighted by atomic mass is 10.1. The van der Waals surface area contributed by atoms with E-state index in [1.807, 2.05) is 43.5 Å². The lowest BCUT2D eigenvalue weighted by molar-refractivity contribution is -0.127. The van der Waals surface area contributed by atoms with E-state index in [0.29, 0.717) is 10.8 Å². The van der Waals surface area contributed by atoms with Gasteiger partial charge in [-0.2, -0.15) is 5.10 Å². The Balaban J connectivity index is 1.94. The molecule has 6 heteroatoms. The molecular weight excluding hydrogens is 320 g/mol. The Morgan fingerprint density at radius 3 is 2.68 bits per heavy atom. The number of hydrazone groups is 1. The van der Waals surface area contributed by atoms with Crippen LogP contribution in [0.3, 0.4) is 0 Å². The van der Waals surface area contributed by atoms with Crippen LogP contribution in [0.15, 0.2) is 34.7 Å². The highest BCUT2D eigenvalue weighted by Crippen LogP contribution is 2.26. The van der Waals surface area contributed by atoms with E-state index >= 15 is 0 Å². The summed E-state index contributed by atoms with van der Waals surface area (Å²) in [6, 6.07) is 7.46. The van der Waals surface area contributed by atoms with Crippen LogP contribution in [-0.4, -0.2) is 18.2 Å². The molecule has 0 spiro atoms. The summed E-state index contributed by atoms with van der Waals surface area (Å²) >= 11 is 7.66. The topological polar surface area (TPSA) is 50.7 Å². The summed E-state index contributed by atoms with van der Waals surface area (Å²) in [5.41, 5.74) is 4.30. The number of benzene rings is 1. The molecule has 0 saturated heterocycles. The van der Waals surface area contributed by atoms with E-state index in [0.717, 1.165) is 16.0 Å².